The number of hydrogen-bond acceptors (Lipinski definition) is 2. The number of anilines is 1. The summed E-state index contributed by atoms with van der Waals surface area (Å²) in [6.07, 6.45) is 6.28. The van der Waals surface area contributed by atoms with Crippen LogP contribution >= 0.6 is 0 Å². The maximum Gasteiger partial charge on any atom is 0.237 e. The number of rotatable bonds is 2. The zero-order valence-electron chi connectivity index (χ0n) is 11.0. The van der Waals surface area contributed by atoms with Crippen molar-refractivity contribution >= 4 is 17.5 Å². The molecule has 1 aromatic carbocycles. The van der Waals surface area contributed by atoms with Crippen LogP contribution in [0.1, 0.15) is 38.5 Å². The molecule has 100 valence electrons. The third-order valence-electron chi connectivity index (χ3n) is 4.41. The molecule has 3 heteroatoms. The van der Waals surface area contributed by atoms with Crippen LogP contribution in [0.2, 0.25) is 0 Å². The molecule has 3 nitrogen and oxygen atoms in total. The topological polar surface area (TPSA) is 37.4 Å². The van der Waals surface area contributed by atoms with Crippen LogP contribution < -0.4 is 4.90 Å². The fourth-order valence-corrected chi connectivity index (χ4v) is 3.41. The fourth-order valence-electron chi connectivity index (χ4n) is 3.41. The predicted octanol–water partition coefficient (Wildman–Crippen LogP) is 3.15. The summed E-state index contributed by atoms with van der Waals surface area (Å²) >= 11 is 0. The second-order valence-electron chi connectivity index (χ2n) is 5.61. The summed E-state index contributed by atoms with van der Waals surface area (Å²) in [6, 6.07) is 9.29. The second kappa shape index (κ2) is 5.16. The predicted molar refractivity (Wildman–Crippen MR) is 73.6 cm³/mol. The Bertz CT molecular complexity index is 477. The number of carbonyl (C=O) groups is 2. The maximum atomic E-state index is 12.5. The highest BCUT2D eigenvalue weighted by Crippen LogP contribution is 2.37. The second-order valence-corrected chi connectivity index (χ2v) is 5.61. The lowest BCUT2D eigenvalue weighted by Crippen LogP contribution is -2.32. The van der Waals surface area contributed by atoms with Gasteiger partial charge in [0.05, 0.1) is 11.6 Å². The molecular weight excluding hydrogens is 238 g/mol. The number of imide groups is 1. The van der Waals surface area contributed by atoms with Crippen molar-refractivity contribution in [3.05, 3.63) is 30.3 Å². The van der Waals surface area contributed by atoms with E-state index in [9.17, 15) is 9.59 Å². The number of hydrogen-bond donors (Lipinski definition) is 0. The highest BCUT2D eigenvalue weighted by Gasteiger charge is 2.43. The largest absolute Gasteiger partial charge is 0.274 e. The third kappa shape index (κ3) is 2.29. The lowest BCUT2D eigenvalue weighted by Gasteiger charge is -2.25. The lowest BCUT2D eigenvalue weighted by molar-refractivity contribution is -0.123. The van der Waals surface area contributed by atoms with Crippen LogP contribution in [0.3, 0.4) is 0 Å². The van der Waals surface area contributed by atoms with Crippen molar-refractivity contribution in [2.45, 2.75) is 38.5 Å². The van der Waals surface area contributed by atoms with Crippen LogP contribution in [0, 0.1) is 11.8 Å². The van der Waals surface area contributed by atoms with Crippen LogP contribution in [0.15, 0.2) is 30.3 Å². The summed E-state index contributed by atoms with van der Waals surface area (Å²) in [7, 11) is 0. The van der Waals surface area contributed by atoms with Crippen molar-refractivity contribution in [3.8, 4) is 0 Å². The molecule has 2 fully saturated rings. The van der Waals surface area contributed by atoms with Crippen molar-refractivity contribution in [3.63, 3.8) is 0 Å². The minimum absolute atomic E-state index is 0.0168. The molecular formula is C16H19NO2. The summed E-state index contributed by atoms with van der Waals surface area (Å²) in [5.41, 5.74) is 0.718. The molecule has 1 saturated heterocycles. The Kier molecular flexibility index (Phi) is 3.36. The first kappa shape index (κ1) is 12.4. The Morgan fingerprint density at radius 3 is 2.32 bits per heavy atom. The van der Waals surface area contributed by atoms with Gasteiger partial charge in [-0.1, -0.05) is 37.5 Å². The molecule has 0 spiro atoms. The first-order valence-electron chi connectivity index (χ1n) is 7.19. The van der Waals surface area contributed by atoms with Gasteiger partial charge in [0.2, 0.25) is 11.8 Å². The molecule has 1 aliphatic heterocycles. The van der Waals surface area contributed by atoms with Gasteiger partial charge in [-0.2, -0.15) is 0 Å². The number of nitrogens with zero attached hydrogens (tertiary/aromatic N) is 1. The average molecular weight is 257 g/mol. The van der Waals surface area contributed by atoms with Gasteiger partial charge in [-0.25, -0.2) is 0 Å². The zero-order valence-corrected chi connectivity index (χ0v) is 11.0. The Balaban J connectivity index is 1.81. The first-order valence-corrected chi connectivity index (χ1v) is 7.19. The molecule has 1 saturated carbocycles. The van der Waals surface area contributed by atoms with Gasteiger partial charge in [-0.15, -0.1) is 0 Å². The van der Waals surface area contributed by atoms with Gasteiger partial charge in [0, 0.05) is 6.42 Å². The molecule has 2 amide bonds. The van der Waals surface area contributed by atoms with E-state index in [1.807, 2.05) is 30.3 Å². The Labute approximate surface area is 113 Å². The molecule has 0 N–H and O–H groups in total. The normalized spacial score (nSPS) is 25.1. The zero-order chi connectivity index (χ0) is 13.2. The van der Waals surface area contributed by atoms with Crippen LogP contribution in [0.5, 0.6) is 0 Å². The van der Waals surface area contributed by atoms with E-state index in [0.29, 0.717) is 12.3 Å². The SMILES string of the molecule is O=C1CC(C2CCCCC2)C(=O)N1c1ccccc1. The van der Waals surface area contributed by atoms with Gasteiger partial charge in [-0.05, 0) is 30.9 Å². The van der Waals surface area contributed by atoms with E-state index >= 15 is 0 Å². The van der Waals surface area contributed by atoms with Crippen LogP contribution in [-0.4, -0.2) is 11.8 Å². The Morgan fingerprint density at radius 1 is 0.947 bits per heavy atom. The van der Waals surface area contributed by atoms with Crippen LogP contribution in [0.4, 0.5) is 5.69 Å². The van der Waals surface area contributed by atoms with Crippen molar-refractivity contribution in [2.24, 2.45) is 11.8 Å². The quantitative estimate of drug-likeness (QED) is 0.763. The Hall–Kier alpha value is -1.64. The summed E-state index contributed by atoms with van der Waals surface area (Å²) in [6.45, 7) is 0. The van der Waals surface area contributed by atoms with E-state index in [4.69, 9.17) is 0 Å². The molecule has 2 aliphatic rings. The van der Waals surface area contributed by atoms with E-state index in [2.05, 4.69) is 0 Å². The summed E-state index contributed by atoms with van der Waals surface area (Å²) in [5, 5.41) is 0. The first-order chi connectivity index (χ1) is 9.27. The Morgan fingerprint density at radius 2 is 1.63 bits per heavy atom. The van der Waals surface area contributed by atoms with Gasteiger partial charge >= 0.3 is 0 Å². The fraction of sp³-hybridized carbons (Fsp3) is 0.500. The van der Waals surface area contributed by atoms with Gasteiger partial charge in [0.25, 0.3) is 0 Å². The minimum Gasteiger partial charge on any atom is -0.274 e. The highest BCUT2D eigenvalue weighted by atomic mass is 16.2. The van der Waals surface area contributed by atoms with E-state index in [0.717, 1.165) is 18.5 Å². The molecule has 0 aromatic heterocycles. The monoisotopic (exact) mass is 257 g/mol. The number of carbonyl (C=O) groups excluding carboxylic acids is 2. The van der Waals surface area contributed by atoms with Crippen molar-refractivity contribution in [1.29, 1.82) is 0 Å². The third-order valence-corrected chi connectivity index (χ3v) is 4.41. The molecule has 1 unspecified atom stereocenters. The number of benzene rings is 1. The van der Waals surface area contributed by atoms with E-state index in [-0.39, 0.29) is 17.7 Å². The molecule has 0 radical (unpaired) electrons. The molecule has 19 heavy (non-hydrogen) atoms. The molecule has 0 bridgehead atoms. The number of amides is 2. The molecule has 1 aromatic rings. The smallest absolute Gasteiger partial charge is 0.237 e. The molecule has 1 atom stereocenters. The van der Waals surface area contributed by atoms with E-state index < -0.39 is 0 Å². The molecule has 3 rings (SSSR count). The van der Waals surface area contributed by atoms with Gasteiger partial charge < -0.3 is 0 Å². The van der Waals surface area contributed by atoms with Gasteiger partial charge in [-0.3, -0.25) is 14.5 Å². The van der Waals surface area contributed by atoms with Gasteiger partial charge in [0.15, 0.2) is 0 Å². The number of para-hydroxylation sites is 1. The van der Waals surface area contributed by atoms with Gasteiger partial charge in [0.1, 0.15) is 0 Å². The van der Waals surface area contributed by atoms with E-state index in [1.54, 1.807) is 0 Å². The standard InChI is InChI=1S/C16H19NO2/c18-15-11-14(12-7-3-1-4-8-12)16(19)17(15)13-9-5-2-6-10-13/h2,5-6,9-10,12,14H,1,3-4,7-8,11H2. The maximum absolute atomic E-state index is 12.5. The van der Waals surface area contributed by atoms with E-state index in [1.165, 1.54) is 24.2 Å². The lowest BCUT2D eigenvalue weighted by atomic mass is 9.79. The summed E-state index contributed by atoms with van der Waals surface area (Å²) in [4.78, 5) is 26.1. The minimum atomic E-state index is -0.0759. The molecule has 1 heterocycles. The van der Waals surface area contributed by atoms with Crippen LogP contribution in [0.25, 0.3) is 0 Å². The molecule has 1 aliphatic carbocycles. The average Bonchev–Trinajstić information content (AvgIpc) is 2.76. The summed E-state index contributed by atoms with van der Waals surface area (Å²) in [5.74, 6) is 0.321. The van der Waals surface area contributed by atoms with Crippen molar-refractivity contribution < 1.29 is 9.59 Å². The summed E-state index contributed by atoms with van der Waals surface area (Å²) < 4.78 is 0. The van der Waals surface area contributed by atoms with Crippen LogP contribution in [-0.2, 0) is 9.59 Å². The van der Waals surface area contributed by atoms with Crippen molar-refractivity contribution in [2.75, 3.05) is 4.90 Å². The van der Waals surface area contributed by atoms with Crippen molar-refractivity contribution in [1.82, 2.24) is 0 Å². The highest BCUT2D eigenvalue weighted by molar-refractivity contribution is 6.21.